The lowest BCUT2D eigenvalue weighted by molar-refractivity contribution is 0.0366. The first-order valence-electron chi connectivity index (χ1n) is 5.34. The van der Waals surface area contributed by atoms with Crippen molar-refractivity contribution in [2.75, 3.05) is 39.6 Å². The molecule has 106 valence electrons. The molecule has 0 aromatic heterocycles. The Morgan fingerprint density at radius 2 is 1.17 bits per heavy atom. The third-order valence-corrected chi connectivity index (χ3v) is 3.07. The molecule has 0 bridgehead atoms. The second-order valence-corrected chi connectivity index (χ2v) is 5.48. The van der Waals surface area contributed by atoms with Gasteiger partial charge >= 0.3 is 0 Å². The van der Waals surface area contributed by atoms with Crippen molar-refractivity contribution in [3.05, 3.63) is 8.98 Å². The Bertz CT molecular complexity index is 233. The molecule has 0 radical (unpaired) electrons. The summed E-state index contributed by atoms with van der Waals surface area (Å²) >= 11 is 20.0. The van der Waals surface area contributed by atoms with Crippen LogP contribution in [0.15, 0.2) is 8.98 Å². The molecule has 18 heavy (non-hydrogen) atoms. The lowest BCUT2D eigenvalue weighted by Crippen LogP contribution is -2.10. The average Bonchev–Trinajstić information content (AvgIpc) is 3.17. The van der Waals surface area contributed by atoms with E-state index in [1.165, 1.54) is 0 Å². The molecule has 2 aliphatic rings. The second-order valence-electron chi connectivity index (χ2n) is 3.58. The molecule has 2 aliphatic heterocycles. The van der Waals surface area contributed by atoms with Gasteiger partial charge in [-0.2, -0.15) is 0 Å². The van der Waals surface area contributed by atoms with E-state index in [1.54, 1.807) is 0 Å². The fourth-order valence-electron chi connectivity index (χ4n) is 0.876. The number of halogens is 4. The average molecular weight is 340 g/mol. The van der Waals surface area contributed by atoms with E-state index >= 15 is 0 Å². The van der Waals surface area contributed by atoms with Crippen molar-refractivity contribution >= 4 is 46.4 Å². The number of epoxide rings is 2. The highest BCUT2D eigenvalue weighted by Gasteiger charge is 2.23. The Kier molecular flexibility index (Phi) is 8.97. The molecular weight excluding hydrogens is 326 g/mol. The van der Waals surface area contributed by atoms with Gasteiger partial charge in [-0.3, -0.25) is 0 Å². The third kappa shape index (κ3) is 10.6. The van der Waals surface area contributed by atoms with Crippen LogP contribution < -0.4 is 0 Å². The van der Waals surface area contributed by atoms with Crippen LogP contribution in [-0.4, -0.2) is 51.8 Å². The zero-order valence-electron chi connectivity index (χ0n) is 9.54. The maximum Gasteiger partial charge on any atom is 0.136 e. The Labute approximate surface area is 126 Å². The van der Waals surface area contributed by atoms with Crippen LogP contribution in [0.4, 0.5) is 0 Å². The van der Waals surface area contributed by atoms with Gasteiger partial charge in [0, 0.05) is 0 Å². The number of ether oxygens (including phenoxy) is 4. The van der Waals surface area contributed by atoms with Gasteiger partial charge in [-0.05, 0) is 0 Å². The number of hydrogen-bond acceptors (Lipinski definition) is 4. The number of rotatable bonds is 7. The van der Waals surface area contributed by atoms with Crippen LogP contribution in [0.25, 0.3) is 0 Å². The van der Waals surface area contributed by atoms with Gasteiger partial charge in [0.05, 0.1) is 39.6 Å². The minimum absolute atomic E-state index is 0.0988. The van der Waals surface area contributed by atoms with Gasteiger partial charge in [0.25, 0.3) is 0 Å². The molecule has 2 unspecified atom stereocenters. The first-order chi connectivity index (χ1) is 8.59. The Hall–Kier alpha value is 0.740. The van der Waals surface area contributed by atoms with Crippen molar-refractivity contribution in [2.45, 2.75) is 12.2 Å². The van der Waals surface area contributed by atoms with Gasteiger partial charge in [-0.1, -0.05) is 46.4 Å². The third-order valence-electron chi connectivity index (χ3n) is 1.93. The summed E-state index contributed by atoms with van der Waals surface area (Å²) in [5, 5.41) is 0. The zero-order chi connectivity index (χ0) is 13.4. The smallest absolute Gasteiger partial charge is 0.136 e. The molecule has 2 fully saturated rings. The SMILES string of the molecule is C(COCC1CO1)OCC1CO1.ClC(Cl)=C(Cl)Cl. The Balaban J connectivity index is 0.000000232. The van der Waals surface area contributed by atoms with Crippen molar-refractivity contribution in [3.63, 3.8) is 0 Å². The van der Waals surface area contributed by atoms with Crippen molar-refractivity contribution in [2.24, 2.45) is 0 Å². The molecule has 0 aromatic rings. The minimum Gasteiger partial charge on any atom is -0.376 e. The predicted molar refractivity (Wildman–Crippen MR) is 71.6 cm³/mol. The monoisotopic (exact) mass is 338 g/mol. The highest BCUT2D eigenvalue weighted by molar-refractivity contribution is 6.67. The summed E-state index contributed by atoms with van der Waals surface area (Å²) < 4.78 is 20.3. The van der Waals surface area contributed by atoms with Gasteiger partial charge in [-0.25, -0.2) is 0 Å². The zero-order valence-corrected chi connectivity index (χ0v) is 12.6. The van der Waals surface area contributed by atoms with E-state index in [0.717, 1.165) is 13.2 Å². The highest BCUT2D eigenvalue weighted by atomic mass is 35.5. The molecule has 0 N–H and O–H groups in total. The van der Waals surface area contributed by atoms with Crippen LogP contribution in [0, 0.1) is 0 Å². The summed E-state index contributed by atoms with van der Waals surface area (Å²) in [7, 11) is 0. The van der Waals surface area contributed by atoms with E-state index in [9.17, 15) is 0 Å². The summed E-state index contributed by atoms with van der Waals surface area (Å²) in [4.78, 5) is 0. The van der Waals surface area contributed by atoms with Crippen LogP contribution in [0.5, 0.6) is 0 Å². The standard InChI is InChI=1S/C8H14O4.C2Cl4/c1(9-3-7-5-11-7)2-10-4-8-6-12-8;3-1(4)2(5)6/h7-8H,1-6H2;. The van der Waals surface area contributed by atoms with Crippen LogP contribution >= 0.6 is 46.4 Å². The summed E-state index contributed by atoms with van der Waals surface area (Å²) in [5.41, 5.74) is 0. The van der Waals surface area contributed by atoms with E-state index in [4.69, 9.17) is 65.4 Å². The van der Waals surface area contributed by atoms with E-state index in [2.05, 4.69) is 0 Å². The van der Waals surface area contributed by atoms with Gasteiger partial charge in [0.15, 0.2) is 0 Å². The predicted octanol–water partition coefficient (Wildman–Crippen LogP) is 2.89. The minimum atomic E-state index is -0.0988. The molecule has 2 rings (SSSR count). The molecule has 0 saturated carbocycles. The van der Waals surface area contributed by atoms with Crippen molar-refractivity contribution < 1.29 is 18.9 Å². The molecule has 2 saturated heterocycles. The van der Waals surface area contributed by atoms with Crippen molar-refractivity contribution in [3.8, 4) is 0 Å². The quantitative estimate of drug-likeness (QED) is 0.528. The fourth-order valence-corrected chi connectivity index (χ4v) is 0.876. The molecule has 4 nitrogen and oxygen atoms in total. The van der Waals surface area contributed by atoms with E-state index in [0.29, 0.717) is 38.6 Å². The summed E-state index contributed by atoms with van der Waals surface area (Å²) in [5.74, 6) is 0. The maximum absolute atomic E-state index is 5.27. The summed E-state index contributed by atoms with van der Waals surface area (Å²) in [6.07, 6.45) is 0.716. The van der Waals surface area contributed by atoms with Crippen molar-refractivity contribution in [1.29, 1.82) is 0 Å². The lowest BCUT2D eigenvalue weighted by Gasteiger charge is -2.02. The highest BCUT2D eigenvalue weighted by Crippen LogP contribution is 2.20. The van der Waals surface area contributed by atoms with Gasteiger partial charge in [0.1, 0.15) is 21.2 Å². The molecule has 8 heteroatoms. The molecule has 0 aromatic carbocycles. The first-order valence-corrected chi connectivity index (χ1v) is 6.85. The van der Waals surface area contributed by atoms with Crippen LogP contribution in [0.2, 0.25) is 0 Å². The van der Waals surface area contributed by atoms with Gasteiger partial charge in [0.2, 0.25) is 0 Å². The number of hydrogen-bond donors (Lipinski definition) is 0. The second kappa shape index (κ2) is 9.61. The topological polar surface area (TPSA) is 43.5 Å². The summed E-state index contributed by atoms with van der Waals surface area (Å²) in [6, 6.07) is 0. The molecular formula is C10H14Cl4O4. The van der Waals surface area contributed by atoms with Gasteiger partial charge < -0.3 is 18.9 Å². The Morgan fingerprint density at radius 3 is 1.39 bits per heavy atom. The maximum atomic E-state index is 5.27. The van der Waals surface area contributed by atoms with Crippen molar-refractivity contribution in [1.82, 2.24) is 0 Å². The lowest BCUT2D eigenvalue weighted by atomic mass is 10.5. The van der Waals surface area contributed by atoms with Crippen LogP contribution in [0.3, 0.4) is 0 Å². The van der Waals surface area contributed by atoms with E-state index in [1.807, 2.05) is 0 Å². The van der Waals surface area contributed by atoms with E-state index in [-0.39, 0.29) is 8.98 Å². The molecule has 0 amide bonds. The normalized spacial score (nSPS) is 24.0. The Morgan fingerprint density at radius 1 is 0.833 bits per heavy atom. The molecule has 0 aliphatic carbocycles. The largest absolute Gasteiger partial charge is 0.376 e. The molecule has 2 atom stereocenters. The fraction of sp³-hybridized carbons (Fsp3) is 0.800. The van der Waals surface area contributed by atoms with Crippen LogP contribution in [-0.2, 0) is 18.9 Å². The molecule has 2 heterocycles. The van der Waals surface area contributed by atoms with Gasteiger partial charge in [-0.15, -0.1) is 0 Å². The van der Waals surface area contributed by atoms with Crippen LogP contribution in [0.1, 0.15) is 0 Å². The molecule has 0 spiro atoms. The first kappa shape index (κ1) is 16.8. The summed E-state index contributed by atoms with van der Waals surface area (Å²) in [6.45, 7) is 4.46. The van der Waals surface area contributed by atoms with E-state index < -0.39 is 0 Å².